The van der Waals surface area contributed by atoms with Gasteiger partial charge in [0.15, 0.2) is 6.10 Å². The summed E-state index contributed by atoms with van der Waals surface area (Å²) in [5.74, 6) is -2.25. The van der Waals surface area contributed by atoms with Crippen LogP contribution in [0.3, 0.4) is 0 Å². The molecule has 0 heterocycles. The van der Waals surface area contributed by atoms with Crippen molar-refractivity contribution in [2.45, 2.75) is 57.1 Å². The van der Waals surface area contributed by atoms with Crippen LogP contribution in [-0.2, 0) is 19.2 Å². The number of carbonyl (C=O) groups excluding carboxylic acids is 2. The molecule has 0 saturated heterocycles. The van der Waals surface area contributed by atoms with Crippen LogP contribution >= 0.6 is 0 Å². The molecule has 180 valence electrons. The number of carboxylic acids is 1. The lowest BCUT2D eigenvalue weighted by Crippen LogP contribution is -2.57. The molecule has 3 unspecified atom stereocenters. The fourth-order valence-corrected chi connectivity index (χ4v) is 5.04. The van der Waals surface area contributed by atoms with Gasteiger partial charge in [-0.2, -0.15) is 0 Å². The molecule has 8 nitrogen and oxygen atoms in total. The van der Waals surface area contributed by atoms with Crippen LogP contribution in [0, 0.1) is 5.92 Å². The van der Waals surface area contributed by atoms with Crippen molar-refractivity contribution in [3.05, 3.63) is 59.7 Å². The van der Waals surface area contributed by atoms with Gasteiger partial charge in [-0.3, -0.25) is 9.63 Å². The lowest BCUT2D eigenvalue weighted by atomic mass is 9.73. The first-order valence-electron chi connectivity index (χ1n) is 11.6. The van der Waals surface area contributed by atoms with Crippen LogP contribution in [0.15, 0.2) is 48.5 Å². The van der Waals surface area contributed by atoms with Gasteiger partial charge in [0.05, 0.1) is 11.5 Å². The van der Waals surface area contributed by atoms with Gasteiger partial charge in [0, 0.05) is 5.92 Å². The molecule has 1 saturated carbocycles. The van der Waals surface area contributed by atoms with Gasteiger partial charge in [0.2, 0.25) is 5.91 Å². The second-order valence-corrected chi connectivity index (χ2v) is 9.23. The zero-order chi connectivity index (χ0) is 24.3. The van der Waals surface area contributed by atoms with Crippen molar-refractivity contribution in [2.24, 2.45) is 5.92 Å². The van der Waals surface area contributed by atoms with E-state index in [-0.39, 0.29) is 12.5 Å². The highest BCUT2D eigenvalue weighted by atomic mass is 16.7. The molecule has 2 amide bonds. The molecule has 1 fully saturated rings. The standard InChI is InChI=1S/C26H30N2O6/c1-16(24(30)31)34-28-23(29)22-13-7-8-14-26(22,2)27-25(32)33-15-21-19-11-5-3-9-17(19)18-10-4-6-12-20(18)21/h3-6,9-12,16,21-22H,7-8,13-15H2,1-2H3,(H,27,32)(H,28,29)(H,30,31). The maximum atomic E-state index is 12.8. The van der Waals surface area contributed by atoms with Crippen LogP contribution < -0.4 is 10.8 Å². The molecule has 8 heteroatoms. The first-order chi connectivity index (χ1) is 16.3. The number of fused-ring (bicyclic) bond motifs is 3. The summed E-state index contributed by atoms with van der Waals surface area (Å²) in [5.41, 5.74) is 5.97. The van der Waals surface area contributed by atoms with E-state index < -0.39 is 35.5 Å². The third-order valence-electron chi connectivity index (χ3n) is 6.94. The first kappa shape index (κ1) is 23.8. The number of hydrogen-bond donors (Lipinski definition) is 3. The summed E-state index contributed by atoms with van der Waals surface area (Å²) >= 11 is 0. The van der Waals surface area contributed by atoms with Crippen LogP contribution in [0.1, 0.15) is 56.6 Å². The van der Waals surface area contributed by atoms with Crippen molar-refractivity contribution in [3.63, 3.8) is 0 Å². The summed E-state index contributed by atoms with van der Waals surface area (Å²) in [5, 5.41) is 11.9. The number of aliphatic carboxylic acids is 1. The Bertz CT molecular complexity index is 1040. The summed E-state index contributed by atoms with van der Waals surface area (Å²) in [6, 6.07) is 16.2. The van der Waals surface area contributed by atoms with Crippen molar-refractivity contribution in [1.82, 2.24) is 10.8 Å². The van der Waals surface area contributed by atoms with E-state index in [0.29, 0.717) is 12.8 Å². The molecule has 0 bridgehead atoms. The van der Waals surface area contributed by atoms with E-state index in [2.05, 4.69) is 35.1 Å². The monoisotopic (exact) mass is 466 g/mol. The van der Waals surface area contributed by atoms with Crippen molar-refractivity contribution in [1.29, 1.82) is 0 Å². The smallest absolute Gasteiger partial charge is 0.407 e. The van der Waals surface area contributed by atoms with Gasteiger partial charge in [0.25, 0.3) is 0 Å². The summed E-state index contributed by atoms with van der Waals surface area (Å²) in [7, 11) is 0. The minimum absolute atomic E-state index is 0.0534. The van der Waals surface area contributed by atoms with E-state index in [1.54, 1.807) is 0 Å². The van der Waals surface area contributed by atoms with Crippen LogP contribution in [0.5, 0.6) is 0 Å². The topological polar surface area (TPSA) is 114 Å². The fraction of sp³-hybridized carbons (Fsp3) is 0.423. The molecule has 0 spiro atoms. The maximum absolute atomic E-state index is 12.8. The number of benzene rings is 2. The second-order valence-electron chi connectivity index (χ2n) is 9.23. The largest absolute Gasteiger partial charge is 0.479 e. The van der Waals surface area contributed by atoms with Crippen LogP contribution in [0.2, 0.25) is 0 Å². The van der Waals surface area contributed by atoms with E-state index >= 15 is 0 Å². The van der Waals surface area contributed by atoms with Gasteiger partial charge in [-0.25, -0.2) is 15.1 Å². The Labute approximate surface area is 198 Å². The van der Waals surface area contributed by atoms with E-state index in [0.717, 1.165) is 35.1 Å². The molecule has 34 heavy (non-hydrogen) atoms. The lowest BCUT2D eigenvalue weighted by Gasteiger charge is -2.40. The van der Waals surface area contributed by atoms with Crippen molar-refractivity contribution in [3.8, 4) is 11.1 Å². The van der Waals surface area contributed by atoms with Gasteiger partial charge >= 0.3 is 12.1 Å². The van der Waals surface area contributed by atoms with E-state index in [1.807, 2.05) is 31.2 Å². The summed E-state index contributed by atoms with van der Waals surface area (Å²) in [6.07, 6.45) is 1.09. The quantitative estimate of drug-likeness (QED) is 0.532. The first-order valence-corrected chi connectivity index (χ1v) is 11.6. The van der Waals surface area contributed by atoms with Crippen molar-refractivity contribution in [2.75, 3.05) is 6.61 Å². The van der Waals surface area contributed by atoms with E-state index in [1.165, 1.54) is 6.92 Å². The zero-order valence-corrected chi connectivity index (χ0v) is 19.4. The number of nitrogens with one attached hydrogen (secondary N) is 2. The number of hydroxylamine groups is 1. The fourth-order valence-electron chi connectivity index (χ4n) is 5.04. The van der Waals surface area contributed by atoms with Gasteiger partial charge < -0.3 is 15.2 Å². The zero-order valence-electron chi connectivity index (χ0n) is 19.4. The number of amides is 2. The molecule has 0 aliphatic heterocycles. The molecular formula is C26H30N2O6. The van der Waals surface area contributed by atoms with Crippen molar-refractivity contribution >= 4 is 18.0 Å². The van der Waals surface area contributed by atoms with Crippen molar-refractivity contribution < 1.29 is 29.1 Å². The highest BCUT2D eigenvalue weighted by Gasteiger charge is 2.43. The third-order valence-corrected chi connectivity index (χ3v) is 6.94. The van der Waals surface area contributed by atoms with E-state index in [9.17, 15) is 14.4 Å². The third kappa shape index (κ3) is 4.77. The molecule has 2 aliphatic rings. The molecular weight excluding hydrogens is 436 g/mol. The number of carboxylic acid groups (broad SMARTS) is 1. The summed E-state index contributed by atoms with van der Waals surface area (Å²) in [4.78, 5) is 41.5. The highest BCUT2D eigenvalue weighted by molar-refractivity contribution is 5.81. The van der Waals surface area contributed by atoms with E-state index in [4.69, 9.17) is 14.7 Å². The molecule has 2 aromatic rings. The van der Waals surface area contributed by atoms with Gasteiger partial charge in [-0.05, 0) is 48.9 Å². The average molecular weight is 467 g/mol. The maximum Gasteiger partial charge on any atom is 0.407 e. The summed E-state index contributed by atoms with van der Waals surface area (Å²) < 4.78 is 5.67. The normalized spacial score (nSPS) is 22.2. The minimum atomic E-state index is -1.18. The Balaban J connectivity index is 1.41. The second kappa shape index (κ2) is 9.85. The SMILES string of the molecule is CC(ONC(=O)C1CCCCC1(C)NC(=O)OCC1c2ccccc2-c2ccccc21)C(=O)O. The highest BCUT2D eigenvalue weighted by Crippen LogP contribution is 2.44. The Morgan fingerprint density at radius 2 is 1.68 bits per heavy atom. The number of ether oxygens (including phenoxy) is 1. The number of carbonyl (C=O) groups is 3. The molecule has 3 N–H and O–H groups in total. The predicted octanol–water partition coefficient (Wildman–Crippen LogP) is 3.99. The van der Waals surface area contributed by atoms with Gasteiger partial charge in [-0.15, -0.1) is 0 Å². The molecule has 4 rings (SSSR count). The Kier molecular flexibility index (Phi) is 6.88. The molecule has 0 radical (unpaired) electrons. The van der Waals surface area contributed by atoms with Crippen LogP contribution in [0.4, 0.5) is 4.79 Å². The van der Waals surface area contributed by atoms with Gasteiger partial charge in [0.1, 0.15) is 6.61 Å². The Morgan fingerprint density at radius 3 is 2.29 bits per heavy atom. The predicted molar refractivity (Wildman–Crippen MR) is 125 cm³/mol. The average Bonchev–Trinajstić information content (AvgIpc) is 3.14. The number of rotatable bonds is 7. The summed E-state index contributed by atoms with van der Waals surface area (Å²) in [6.45, 7) is 3.34. The molecule has 2 aliphatic carbocycles. The molecule has 0 aromatic heterocycles. The Morgan fingerprint density at radius 1 is 1.06 bits per heavy atom. The minimum Gasteiger partial charge on any atom is -0.479 e. The number of alkyl carbamates (subject to hydrolysis) is 1. The van der Waals surface area contributed by atoms with Crippen LogP contribution in [0.25, 0.3) is 11.1 Å². The lowest BCUT2D eigenvalue weighted by molar-refractivity contribution is -0.161. The molecule has 2 aromatic carbocycles. The molecule has 3 atom stereocenters. The Hall–Kier alpha value is -3.39. The van der Waals surface area contributed by atoms with Crippen LogP contribution in [-0.4, -0.2) is 41.3 Å². The number of hydrogen-bond acceptors (Lipinski definition) is 5. The van der Waals surface area contributed by atoms with Gasteiger partial charge in [-0.1, -0.05) is 61.4 Å².